The highest BCUT2D eigenvalue weighted by atomic mass is 35.5. The Morgan fingerprint density at radius 2 is 1.79 bits per heavy atom. The smallest absolute Gasteiger partial charge is 0.246 e. The van der Waals surface area contributed by atoms with Crippen LogP contribution in [0.25, 0.3) is 22.0 Å². The molecule has 1 N–H and O–H groups in total. The van der Waals surface area contributed by atoms with Crippen LogP contribution in [0.15, 0.2) is 36.9 Å². The van der Waals surface area contributed by atoms with Gasteiger partial charge in [-0.05, 0) is 44.8 Å². The lowest BCUT2D eigenvalue weighted by molar-refractivity contribution is -0.128. The van der Waals surface area contributed by atoms with Crippen molar-refractivity contribution in [2.75, 3.05) is 56.1 Å². The van der Waals surface area contributed by atoms with E-state index in [0.29, 0.717) is 55.9 Å². The number of aromatic nitrogens is 2. The highest BCUT2D eigenvalue weighted by molar-refractivity contribution is 6.34. The van der Waals surface area contributed by atoms with Crippen LogP contribution >= 0.6 is 11.6 Å². The third kappa shape index (κ3) is 6.70. The first-order valence-electron chi connectivity index (χ1n) is 14.9. The minimum Gasteiger partial charge on any atom is -0.507 e. The quantitative estimate of drug-likeness (QED) is 0.324. The summed E-state index contributed by atoms with van der Waals surface area (Å²) in [7, 11) is 2.05. The van der Waals surface area contributed by atoms with Crippen molar-refractivity contribution in [1.29, 1.82) is 0 Å². The molecule has 1 aromatic heterocycles. The minimum absolute atomic E-state index is 0.0124. The molecular weight excluding hydrogens is 574 g/mol. The Labute approximate surface area is 258 Å². The van der Waals surface area contributed by atoms with Gasteiger partial charge in [0.2, 0.25) is 11.9 Å². The van der Waals surface area contributed by atoms with Crippen molar-refractivity contribution >= 4 is 40.2 Å². The number of fused-ring (bicyclic) bond motifs is 1. The predicted octanol–water partition coefficient (Wildman–Crippen LogP) is 6.35. The molecule has 43 heavy (non-hydrogen) atoms. The highest BCUT2D eigenvalue weighted by Crippen LogP contribution is 2.43. The van der Waals surface area contributed by atoms with Gasteiger partial charge in [0.05, 0.1) is 10.6 Å². The number of hydrogen-bond acceptors (Lipinski definition) is 7. The Hall–Kier alpha value is -3.50. The molecule has 1 atom stereocenters. The second-order valence-corrected chi connectivity index (χ2v) is 10.5. The van der Waals surface area contributed by atoms with Crippen molar-refractivity contribution in [2.24, 2.45) is 0 Å². The monoisotopic (exact) mass is 616 g/mol. The third-order valence-electron chi connectivity index (χ3n) is 7.74. The van der Waals surface area contributed by atoms with Gasteiger partial charge in [0, 0.05) is 55.8 Å². The summed E-state index contributed by atoms with van der Waals surface area (Å²) in [6.45, 7) is 19.2. The average molecular weight is 617 g/mol. The molecule has 3 heterocycles. The van der Waals surface area contributed by atoms with E-state index in [0.717, 1.165) is 12.6 Å². The van der Waals surface area contributed by atoms with Crippen LogP contribution in [0.2, 0.25) is 5.02 Å². The second-order valence-electron chi connectivity index (χ2n) is 10.1. The number of benzene rings is 2. The van der Waals surface area contributed by atoms with Gasteiger partial charge in [0.25, 0.3) is 0 Å². The van der Waals surface area contributed by atoms with Crippen LogP contribution in [0, 0.1) is 11.6 Å². The number of nitrogens with zero attached hydrogens (tertiary/aromatic N) is 6. The first-order valence-corrected chi connectivity index (χ1v) is 15.3. The molecule has 0 spiro atoms. The van der Waals surface area contributed by atoms with Gasteiger partial charge < -0.3 is 24.7 Å². The summed E-state index contributed by atoms with van der Waals surface area (Å²) in [4.78, 5) is 29.7. The zero-order valence-electron chi connectivity index (χ0n) is 26.2. The zero-order chi connectivity index (χ0) is 32.0. The van der Waals surface area contributed by atoms with Crippen molar-refractivity contribution in [2.45, 2.75) is 53.6 Å². The summed E-state index contributed by atoms with van der Waals surface area (Å²) >= 11 is 6.55. The minimum atomic E-state index is -0.834. The second kappa shape index (κ2) is 14.8. The van der Waals surface area contributed by atoms with E-state index in [4.69, 9.17) is 16.6 Å². The maximum atomic E-state index is 16.3. The molecule has 8 nitrogen and oxygen atoms in total. The highest BCUT2D eigenvalue weighted by Gasteiger charge is 2.34. The van der Waals surface area contributed by atoms with Crippen LogP contribution in [0.3, 0.4) is 0 Å². The molecule has 2 fully saturated rings. The number of piperazine rings is 1. The molecule has 0 aliphatic carbocycles. The molecule has 1 amide bonds. The van der Waals surface area contributed by atoms with Crippen molar-refractivity contribution in [3.8, 4) is 16.9 Å². The Morgan fingerprint density at radius 3 is 2.37 bits per heavy atom. The molecule has 0 saturated carbocycles. The number of carbonyl (C=O) groups excluding carboxylic acids is 1. The number of rotatable bonds is 6. The molecule has 11 heteroatoms. The van der Waals surface area contributed by atoms with E-state index in [1.54, 1.807) is 4.90 Å². The average Bonchev–Trinajstić information content (AvgIpc) is 2.99. The lowest BCUT2D eigenvalue weighted by Crippen LogP contribution is -2.59. The lowest BCUT2D eigenvalue weighted by atomic mass is 10.0. The molecule has 5 rings (SSSR count). The molecular formula is C32H43ClF2N6O2. The van der Waals surface area contributed by atoms with Gasteiger partial charge in [-0.3, -0.25) is 4.79 Å². The largest absolute Gasteiger partial charge is 0.507 e. The van der Waals surface area contributed by atoms with Crippen LogP contribution in [0.5, 0.6) is 5.75 Å². The summed E-state index contributed by atoms with van der Waals surface area (Å²) in [6, 6.07) is 5.47. The summed E-state index contributed by atoms with van der Waals surface area (Å²) in [6.07, 6.45) is 1.30. The van der Waals surface area contributed by atoms with E-state index < -0.39 is 17.4 Å². The molecule has 234 valence electrons. The fraction of sp³-hybridized carbons (Fsp3) is 0.469. The van der Waals surface area contributed by atoms with Crippen molar-refractivity contribution in [1.82, 2.24) is 19.8 Å². The number of anilines is 2. The first-order chi connectivity index (χ1) is 20.6. The van der Waals surface area contributed by atoms with Gasteiger partial charge in [-0.15, -0.1) is 0 Å². The molecule has 1 unspecified atom stereocenters. The lowest BCUT2D eigenvalue weighted by Gasteiger charge is -2.44. The third-order valence-corrected chi connectivity index (χ3v) is 8.04. The predicted molar refractivity (Wildman–Crippen MR) is 172 cm³/mol. The van der Waals surface area contributed by atoms with E-state index in [-0.39, 0.29) is 33.6 Å². The number of hydrogen-bond donors (Lipinski definition) is 1. The van der Waals surface area contributed by atoms with E-state index in [1.165, 1.54) is 24.3 Å². The molecule has 2 saturated heterocycles. The molecule has 3 aromatic rings. The number of phenols is 1. The molecule has 2 aromatic carbocycles. The summed E-state index contributed by atoms with van der Waals surface area (Å²) in [5, 5.41) is 10.7. The van der Waals surface area contributed by atoms with Gasteiger partial charge in [0.15, 0.2) is 5.82 Å². The summed E-state index contributed by atoms with van der Waals surface area (Å²) in [5.74, 6) is -1.35. The number of halogens is 3. The Morgan fingerprint density at radius 1 is 1.12 bits per heavy atom. The maximum Gasteiger partial charge on any atom is 0.246 e. The van der Waals surface area contributed by atoms with Crippen molar-refractivity contribution < 1.29 is 18.7 Å². The van der Waals surface area contributed by atoms with E-state index in [9.17, 15) is 14.3 Å². The Bertz CT molecular complexity index is 1430. The van der Waals surface area contributed by atoms with Gasteiger partial charge in [-0.2, -0.15) is 4.98 Å². The molecule has 0 radical (unpaired) electrons. The van der Waals surface area contributed by atoms with Crippen LogP contribution in [0.4, 0.5) is 20.5 Å². The topological polar surface area (TPSA) is 76.0 Å². The van der Waals surface area contributed by atoms with Gasteiger partial charge in [-0.1, -0.05) is 58.9 Å². The molecule has 0 bridgehead atoms. The molecule has 2 aliphatic rings. The zero-order valence-corrected chi connectivity index (χ0v) is 26.9. The fourth-order valence-corrected chi connectivity index (χ4v) is 5.58. The summed E-state index contributed by atoms with van der Waals surface area (Å²) < 4.78 is 31.1. The van der Waals surface area contributed by atoms with Gasteiger partial charge >= 0.3 is 0 Å². The normalized spacial score (nSPS) is 16.7. The van der Waals surface area contributed by atoms with Crippen LogP contribution in [-0.4, -0.2) is 89.2 Å². The summed E-state index contributed by atoms with van der Waals surface area (Å²) in [5.41, 5.74) is -0.582. The van der Waals surface area contributed by atoms with Crippen molar-refractivity contribution in [3.05, 3.63) is 53.6 Å². The van der Waals surface area contributed by atoms with E-state index >= 15 is 4.39 Å². The van der Waals surface area contributed by atoms with E-state index in [1.807, 2.05) is 44.4 Å². The number of aromatic hydroxyl groups is 1. The number of likely N-dealkylation sites (N-methyl/N-ethyl adjacent to an activating group) is 1. The number of phenolic OH excluding ortho intramolecular Hbond substituents is 1. The fourth-order valence-electron chi connectivity index (χ4n) is 5.29. The number of carbonyl (C=O) groups is 1. The Kier molecular flexibility index (Phi) is 11.7. The SMILES string of the molecule is C=CC(=O)N1CCN(c2nc(N3CC(N(C)CC)C3)nc3c(F)c(-c4c(O)cccc4F)c(Cl)cc23)CC1C.CC.CC. The first kappa shape index (κ1) is 34.0. The number of amides is 1. The van der Waals surface area contributed by atoms with Crippen LogP contribution in [0.1, 0.15) is 41.5 Å². The maximum absolute atomic E-state index is 16.3. The van der Waals surface area contributed by atoms with Gasteiger partial charge in [-0.25, -0.2) is 13.8 Å². The van der Waals surface area contributed by atoms with Crippen LogP contribution < -0.4 is 9.80 Å². The van der Waals surface area contributed by atoms with Crippen molar-refractivity contribution in [3.63, 3.8) is 0 Å². The Balaban J connectivity index is 0.00000121. The standard InChI is InChI=1S/C28H31ClF2N6O2.2C2H6/c1-5-22(39)37-11-10-35(13-16(37)3)27-18-12-19(29)23(24-20(30)8-7-9-21(24)38)25(31)26(18)32-28(33-27)36-14-17(15-36)34(4)6-2;2*1-2/h5,7-9,12,16-17,38H,1,6,10-11,13-15H2,2-4H3;2*1-2H3. The molecule has 2 aliphatic heterocycles. The van der Waals surface area contributed by atoms with Gasteiger partial charge in [0.1, 0.15) is 22.9 Å². The van der Waals surface area contributed by atoms with Crippen LogP contribution in [-0.2, 0) is 4.79 Å². The van der Waals surface area contributed by atoms with E-state index in [2.05, 4.69) is 30.4 Å².